The highest BCUT2D eigenvalue weighted by Gasteiger charge is 2.08. The molecule has 0 spiro atoms. The van der Waals surface area contributed by atoms with Crippen molar-refractivity contribution in [2.75, 3.05) is 0 Å². The highest BCUT2D eigenvalue weighted by Crippen LogP contribution is 2.19. The molecular weight excluding hydrogens is 132 g/mol. The molecular formula is C11H22. The van der Waals surface area contributed by atoms with Crippen LogP contribution in [0, 0.1) is 11.8 Å². The van der Waals surface area contributed by atoms with Gasteiger partial charge in [-0.3, -0.25) is 0 Å². The summed E-state index contributed by atoms with van der Waals surface area (Å²) in [4.78, 5) is 0. The van der Waals surface area contributed by atoms with E-state index in [1.165, 1.54) is 19.3 Å². The van der Waals surface area contributed by atoms with E-state index in [1.807, 2.05) is 0 Å². The molecule has 11 heavy (non-hydrogen) atoms. The Morgan fingerprint density at radius 1 is 1.09 bits per heavy atom. The topological polar surface area (TPSA) is 0 Å². The van der Waals surface area contributed by atoms with Crippen LogP contribution in [0.15, 0.2) is 12.2 Å². The van der Waals surface area contributed by atoms with E-state index in [2.05, 4.69) is 39.8 Å². The Kier molecular flexibility index (Phi) is 6.30. The molecule has 0 radical (unpaired) electrons. The zero-order chi connectivity index (χ0) is 8.69. The summed E-state index contributed by atoms with van der Waals surface area (Å²) in [7, 11) is 0. The summed E-state index contributed by atoms with van der Waals surface area (Å²) in [5.41, 5.74) is 0. The molecule has 0 saturated heterocycles. The Hall–Kier alpha value is -0.260. The largest absolute Gasteiger partial charge is 0.0885 e. The minimum absolute atomic E-state index is 0.806. The summed E-state index contributed by atoms with van der Waals surface area (Å²) in [5, 5.41) is 0. The zero-order valence-electron chi connectivity index (χ0n) is 8.43. The van der Waals surface area contributed by atoms with Gasteiger partial charge in [-0.25, -0.2) is 0 Å². The Labute approximate surface area is 71.7 Å². The van der Waals surface area contributed by atoms with Gasteiger partial charge in [-0.1, -0.05) is 46.3 Å². The minimum Gasteiger partial charge on any atom is -0.0885 e. The van der Waals surface area contributed by atoms with Crippen molar-refractivity contribution in [3.63, 3.8) is 0 Å². The van der Waals surface area contributed by atoms with Crippen molar-refractivity contribution in [2.45, 2.75) is 47.0 Å². The Morgan fingerprint density at radius 2 is 1.73 bits per heavy atom. The van der Waals surface area contributed by atoms with Crippen LogP contribution in [0.5, 0.6) is 0 Å². The van der Waals surface area contributed by atoms with Crippen molar-refractivity contribution in [1.29, 1.82) is 0 Å². The molecule has 0 aliphatic heterocycles. The van der Waals surface area contributed by atoms with E-state index in [0.717, 1.165) is 11.8 Å². The van der Waals surface area contributed by atoms with Crippen LogP contribution in [0.2, 0.25) is 0 Å². The van der Waals surface area contributed by atoms with Gasteiger partial charge in [0.15, 0.2) is 0 Å². The van der Waals surface area contributed by atoms with Gasteiger partial charge in [0.2, 0.25) is 0 Å². The van der Waals surface area contributed by atoms with E-state index in [-0.39, 0.29) is 0 Å². The average Bonchev–Trinajstić information content (AvgIpc) is 2.05. The summed E-state index contributed by atoms with van der Waals surface area (Å²) in [5.74, 6) is 1.66. The van der Waals surface area contributed by atoms with Crippen LogP contribution in [0.25, 0.3) is 0 Å². The van der Waals surface area contributed by atoms with Gasteiger partial charge < -0.3 is 0 Å². The first-order valence-corrected chi connectivity index (χ1v) is 4.92. The molecule has 2 atom stereocenters. The predicted molar refractivity (Wildman–Crippen MR) is 52.7 cm³/mol. The van der Waals surface area contributed by atoms with Gasteiger partial charge in [0.05, 0.1) is 0 Å². The van der Waals surface area contributed by atoms with Gasteiger partial charge in [-0.15, -0.1) is 0 Å². The standard InChI is InChI=1S/C11H22/c1-5-8-9-11(7-3)10(4)6-2/h8-11H,5-7H2,1-4H3. The smallest absolute Gasteiger partial charge is 0.0210 e. The maximum atomic E-state index is 2.38. The lowest BCUT2D eigenvalue weighted by atomic mass is 9.89. The fourth-order valence-electron chi connectivity index (χ4n) is 1.34. The van der Waals surface area contributed by atoms with Gasteiger partial charge in [0, 0.05) is 0 Å². The first kappa shape index (κ1) is 10.7. The predicted octanol–water partition coefficient (Wildman–Crippen LogP) is 4.02. The van der Waals surface area contributed by atoms with Crippen molar-refractivity contribution >= 4 is 0 Å². The van der Waals surface area contributed by atoms with Crippen LogP contribution in [-0.4, -0.2) is 0 Å². The molecule has 0 aromatic rings. The molecule has 0 saturated carbocycles. The van der Waals surface area contributed by atoms with Crippen LogP contribution >= 0.6 is 0 Å². The van der Waals surface area contributed by atoms with Gasteiger partial charge >= 0.3 is 0 Å². The highest BCUT2D eigenvalue weighted by molar-refractivity contribution is 4.89. The first-order chi connectivity index (χ1) is 5.26. The average molecular weight is 154 g/mol. The first-order valence-electron chi connectivity index (χ1n) is 4.92. The number of hydrogen-bond donors (Lipinski definition) is 0. The summed E-state index contributed by atoms with van der Waals surface area (Å²) in [6.07, 6.45) is 8.43. The maximum absolute atomic E-state index is 2.38. The lowest BCUT2D eigenvalue weighted by Crippen LogP contribution is -2.06. The molecule has 0 aliphatic carbocycles. The van der Waals surface area contributed by atoms with Gasteiger partial charge in [0.1, 0.15) is 0 Å². The summed E-state index contributed by atoms with van der Waals surface area (Å²) in [6.45, 7) is 9.08. The molecule has 0 bridgehead atoms. The molecule has 0 aliphatic rings. The number of rotatable bonds is 5. The summed E-state index contributed by atoms with van der Waals surface area (Å²) >= 11 is 0. The number of hydrogen-bond acceptors (Lipinski definition) is 0. The Morgan fingerprint density at radius 3 is 2.09 bits per heavy atom. The van der Waals surface area contributed by atoms with Gasteiger partial charge in [-0.05, 0) is 24.7 Å². The van der Waals surface area contributed by atoms with Crippen molar-refractivity contribution in [2.24, 2.45) is 11.8 Å². The van der Waals surface area contributed by atoms with E-state index in [4.69, 9.17) is 0 Å². The lowest BCUT2D eigenvalue weighted by molar-refractivity contribution is 0.405. The lowest BCUT2D eigenvalue weighted by Gasteiger charge is -2.16. The quantitative estimate of drug-likeness (QED) is 0.524. The third kappa shape index (κ3) is 4.23. The Balaban J connectivity index is 3.83. The molecule has 2 unspecified atom stereocenters. The molecule has 0 aromatic carbocycles. The van der Waals surface area contributed by atoms with Gasteiger partial charge in [0.25, 0.3) is 0 Å². The summed E-state index contributed by atoms with van der Waals surface area (Å²) in [6, 6.07) is 0. The van der Waals surface area contributed by atoms with Crippen LogP contribution < -0.4 is 0 Å². The highest BCUT2D eigenvalue weighted by atomic mass is 14.1. The SMILES string of the molecule is CCC=CC(CC)C(C)CC. The van der Waals surface area contributed by atoms with Crippen LogP contribution in [0.1, 0.15) is 47.0 Å². The maximum Gasteiger partial charge on any atom is -0.0210 e. The molecule has 0 heteroatoms. The Bertz CT molecular complexity index is 103. The molecule has 0 fully saturated rings. The van der Waals surface area contributed by atoms with Gasteiger partial charge in [-0.2, -0.15) is 0 Å². The molecule has 0 rings (SSSR count). The van der Waals surface area contributed by atoms with Crippen LogP contribution in [-0.2, 0) is 0 Å². The van der Waals surface area contributed by atoms with E-state index < -0.39 is 0 Å². The second-order valence-electron chi connectivity index (χ2n) is 3.29. The van der Waals surface area contributed by atoms with E-state index in [0.29, 0.717) is 0 Å². The third-order valence-corrected chi connectivity index (χ3v) is 2.47. The molecule has 0 N–H and O–H groups in total. The van der Waals surface area contributed by atoms with Crippen molar-refractivity contribution in [3.05, 3.63) is 12.2 Å². The minimum atomic E-state index is 0.806. The van der Waals surface area contributed by atoms with Crippen molar-refractivity contribution in [1.82, 2.24) is 0 Å². The normalized spacial score (nSPS) is 17.1. The van der Waals surface area contributed by atoms with Crippen molar-refractivity contribution < 1.29 is 0 Å². The molecule has 0 heterocycles. The van der Waals surface area contributed by atoms with Crippen LogP contribution in [0.3, 0.4) is 0 Å². The van der Waals surface area contributed by atoms with Crippen LogP contribution in [0.4, 0.5) is 0 Å². The van der Waals surface area contributed by atoms with E-state index >= 15 is 0 Å². The summed E-state index contributed by atoms with van der Waals surface area (Å²) < 4.78 is 0. The molecule has 0 amide bonds. The second-order valence-corrected chi connectivity index (χ2v) is 3.29. The third-order valence-electron chi connectivity index (χ3n) is 2.47. The zero-order valence-corrected chi connectivity index (χ0v) is 8.43. The molecule has 0 nitrogen and oxygen atoms in total. The van der Waals surface area contributed by atoms with E-state index in [9.17, 15) is 0 Å². The number of allylic oxidation sites excluding steroid dienone is 2. The fourth-order valence-corrected chi connectivity index (χ4v) is 1.34. The molecule has 66 valence electrons. The fraction of sp³-hybridized carbons (Fsp3) is 0.818. The van der Waals surface area contributed by atoms with Crippen molar-refractivity contribution in [3.8, 4) is 0 Å². The molecule has 0 aromatic heterocycles. The van der Waals surface area contributed by atoms with E-state index in [1.54, 1.807) is 0 Å². The second kappa shape index (κ2) is 6.45. The monoisotopic (exact) mass is 154 g/mol.